The molecule has 6 heteroatoms. The molecular formula is C19H23N3O2S. The Kier molecular flexibility index (Phi) is 4.48. The molecule has 5 nitrogen and oxygen atoms in total. The third kappa shape index (κ3) is 3.41. The number of fused-ring (bicyclic) bond motifs is 2. The van der Waals surface area contributed by atoms with Crippen LogP contribution in [-0.4, -0.2) is 35.5 Å². The fourth-order valence-electron chi connectivity index (χ4n) is 3.63. The zero-order valence-electron chi connectivity index (χ0n) is 14.7. The second-order valence-electron chi connectivity index (χ2n) is 6.75. The van der Waals surface area contributed by atoms with Crippen LogP contribution in [0.3, 0.4) is 0 Å². The van der Waals surface area contributed by atoms with E-state index < -0.39 is 0 Å². The van der Waals surface area contributed by atoms with Gasteiger partial charge in [0, 0.05) is 43.8 Å². The molecule has 0 aliphatic carbocycles. The molecule has 1 aromatic heterocycles. The van der Waals surface area contributed by atoms with Crippen molar-refractivity contribution in [2.24, 2.45) is 0 Å². The average Bonchev–Trinajstić information content (AvgIpc) is 3.15. The van der Waals surface area contributed by atoms with E-state index in [-0.39, 0.29) is 5.91 Å². The van der Waals surface area contributed by atoms with Crippen LogP contribution in [0.25, 0.3) is 0 Å². The lowest BCUT2D eigenvalue weighted by Crippen LogP contribution is -2.29. The topological polar surface area (TPSA) is 54.5 Å². The van der Waals surface area contributed by atoms with E-state index in [0.717, 1.165) is 55.5 Å². The molecule has 1 unspecified atom stereocenters. The number of rotatable bonds is 3. The highest BCUT2D eigenvalue weighted by Crippen LogP contribution is 2.33. The van der Waals surface area contributed by atoms with Crippen molar-refractivity contribution < 1.29 is 9.53 Å². The predicted octanol–water partition coefficient (Wildman–Crippen LogP) is 3.20. The van der Waals surface area contributed by atoms with Crippen molar-refractivity contribution in [2.45, 2.75) is 39.2 Å². The summed E-state index contributed by atoms with van der Waals surface area (Å²) in [5.41, 5.74) is 3.78. The first-order chi connectivity index (χ1) is 12.1. The van der Waals surface area contributed by atoms with Crippen molar-refractivity contribution in [3.05, 3.63) is 39.9 Å². The minimum Gasteiger partial charge on any atom is -0.493 e. The van der Waals surface area contributed by atoms with Gasteiger partial charge in [0.1, 0.15) is 5.75 Å². The second kappa shape index (κ2) is 6.77. The Labute approximate surface area is 152 Å². The summed E-state index contributed by atoms with van der Waals surface area (Å²) >= 11 is 1.61. The smallest absolute Gasteiger partial charge is 0.223 e. The zero-order valence-corrected chi connectivity index (χ0v) is 15.5. The number of ether oxygens (including phenoxy) is 1. The first-order valence-corrected chi connectivity index (χ1v) is 9.67. The summed E-state index contributed by atoms with van der Waals surface area (Å²) in [5.74, 6) is 0.998. The summed E-state index contributed by atoms with van der Waals surface area (Å²) in [6, 6.07) is 7.02. The predicted molar refractivity (Wildman–Crippen MR) is 99.5 cm³/mol. The lowest BCUT2D eigenvalue weighted by Gasteiger charge is -2.28. The molecule has 132 valence electrons. The summed E-state index contributed by atoms with van der Waals surface area (Å²) in [5, 5.41) is 3.54. The van der Waals surface area contributed by atoms with Crippen LogP contribution < -0.4 is 10.1 Å². The van der Waals surface area contributed by atoms with Gasteiger partial charge in [0.2, 0.25) is 5.91 Å². The Balaban J connectivity index is 1.46. The van der Waals surface area contributed by atoms with Gasteiger partial charge in [-0.3, -0.25) is 9.69 Å². The summed E-state index contributed by atoms with van der Waals surface area (Å²) < 4.78 is 5.72. The number of hydrogen-bond acceptors (Lipinski definition) is 5. The molecule has 1 aromatic carbocycles. The highest BCUT2D eigenvalue weighted by atomic mass is 32.1. The Morgan fingerprint density at radius 1 is 1.32 bits per heavy atom. The highest BCUT2D eigenvalue weighted by Gasteiger charge is 2.23. The molecule has 2 aliphatic heterocycles. The van der Waals surface area contributed by atoms with E-state index in [1.807, 2.05) is 0 Å². The van der Waals surface area contributed by atoms with Crippen molar-refractivity contribution in [2.75, 3.05) is 25.0 Å². The van der Waals surface area contributed by atoms with Crippen LogP contribution in [0.1, 0.15) is 41.6 Å². The third-order valence-corrected chi connectivity index (χ3v) is 6.15. The van der Waals surface area contributed by atoms with E-state index in [2.05, 4.69) is 40.3 Å². The Hall–Kier alpha value is -1.92. The lowest BCUT2D eigenvalue weighted by molar-refractivity contribution is -0.114. The van der Waals surface area contributed by atoms with Crippen molar-refractivity contribution >= 4 is 22.4 Å². The van der Waals surface area contributed by atoms with Crippen LogP contribution in [0.15, 0.2) is 18.2 Å². The number of nitrogens with zero attached hydrogens (tertiary/aromatic N) is 2. The van der Waals surface area contributed by atoms with Gasteiger partial charge in [0.15, 0.2) is 5.13 Å². The van der Waals surface area contributed by atoms with Gasteiger partial charge in [-0.15, -0.1) is 11.3 Å². The maximum absolute atomic E-state index is 11.2. The summed E-state index contributed by atoms with van der Waals surface area (Å²) in [6.07, 6.45) is 2.94. The van der Waals surface area contributed by atoms with Gasteiger partial charge < -0.3 is 10.1 Å². The van der Waals surface area contributed by atoms with Crippen LogP contribution in [0.2, 0.25) is 0 Å². The van der Waals surface area contributed by atoms with Gasteiger partial charge in [-0.25, -0.2) is 4.98 Å². The molecule has 1 amide bonds. The standard InChI is InChI=1S/C19H23N3O2S/c1-12(15-4-3-14-7-10-24-17(14)11-15)22-8-5-16-18(6-9-22)25-19(21-16)20-13(2)23/h3-4,11-12H,5-10H2,1-2H3,(H,20,21,23). The monoisotopic (exact) mass is 357 g/mol. The molecular weight excluding hydrogens is 334 g/mol. The highest BCUT2D eigenvalue weighted by molar-refractivity contribution is 7.15. The quantitative estimate of drug-likeness (QED) is 0.917. The Bertz CT molecular complexity index is 776. The number of benzene rings is 1. The molecule has 4 rings (SSSR count). The van der Waals surface area contributed by atoms with E-state index in [1.165, 1.54) is 22.9 Å². The number of carbonyl (C=O) groups excluding carboxylic acids is 1. The molecule has 1 atom stereocenters. The largest absolute Gasteiger partial charge is 0.493 e. The number of carbonyl (C=O) groups is 1. The molecule has 3 heterocycles. The molecule has 2 aliphatic rings. The molecule has 25 heavy (non-hydrogen) atoms. The zero-order chi connectivity index (χ0) is 17.4. The molecule has 0 saturated heterocycles. The van der Waals surface area contributed by atoms with Crippen LogP contribution in [0.4, 0.5) is 5.13 Å². The molecule has 1 N–H and O–H groups in total. The fourth-order valence-corrected chi connectivity index (χ4v) is 4.67. The number of nitrogens with one attached hydrogen (secondary N) is 1. The van der Waals surface area contributed by atoms with E-state index in [4.69, 9.17) is 4.74 Å². The molecule has 0 radical (unpaired) electrons. The van der Waals surface area contributed by atoms with E-state index >= 15 is 0 Å². The molecule has 0 saturated carbocycles. The first kappa shape index (κ1) is 16.5. The Morgan fingerprint density at radius 3 is 3.00 bits per heavy atom. The first-order valence-electron chi connectivity index (χ1n) is 8.86. The lowest BCUT2D eigenvalue weighted by atomic mass is 10.0. The minimum atomic E-state index is -0.0574. The SMILES string of the molecule is CC(=O)Nc1nc2c(s1)CCN(C(C)c1ccc3c(c1)OCC3)CC2. The maximum atomic E-state index is 11.2. The van der Waals surface area contributed by atoms with Gasteiger partial charge >= 0.3 is 0 Å². The summed E-state index contributed by atoms with van der Waals surface area (Å²) in [4.78, 5) is 19.6. The van der Waals surface area contributed by atoms with Crippen LogP contribution >= 0.6 is 11.3 Å². The van der Waals surface area contributed by atoms with Crippen LogP contribution in [0.5, 0.6) is 5.75 Å². The average molecular weight is 357 g/mol. The van der Waals surface area contributed by atoms with Gasteiger partial charge in [0.25, 0.3) is 0 Å². The third-order valence-electron chi connectivity index (χ3n) is 5.07. The molecule has 0 spiro atoms. The van der Waals surface area contributed by atoms with E-state index in [0.29, 0.717) is 6.04 Å². The molecule has 0 fully saturated rings. The van der Waals surface area contributed by atoms with E-state index in [9.17, 15) is 4.79 Å². The summed E-state index contributed by atoms with van der Waals surface area (Å²) in [7, 11) is 0. The molecule has 2 aromatic rings. The van der Waals surface area contributed by atoms with Gasteiger partial charge in [-0.1, -0.05) is 12.1 Å². The fraction of sp³-hybridized carbons (Fsp3) is 0.474. The van der Waals surface area contributed by atoms with Crippen LogP contribution in [-0.2, 0) is 24.1 Å². The van der Waals surface area contributed by atoms with Gasteiger partial charge in [-0.05, 0) is 30.5 Å². The van der Waals surface area contributed by atoms with Crippen LogP contribution in [0, 0.1) is 0 Å². The van der Waals surface area contributed by atoms with Crippen molar-refractivity contribution in [3.63, 3.8) is 0 Å². The van der Waals surface area contributed by atoms with Crippen molar-refractivity contribution in [3.8, 4) is 5.75 Å². The maximum Gasteiger partial charge on any atom is 0.223 e. The Morgan fingerprint density at radius 2 is 2.16 bits per heavy atom. The normalized spacial score (nSPS) is 18.0. The number of amides is 1. The number of aromatic nitrogens is 1. The number of hydrogen-bond donors (Lipinski definition) is 1. The second-order valence-corrected chi connectivity index (χ2v) is 7.83. The minimum absolute atomic E-state index is 0.0574. The molecule has 0 bridgehead atoms. The van der Waals surface area contributed by atoms with Crippen molar-refractivity contribution in [1.29, 1.82) is 0 Å². The van der Waals surface area contributed by atoms with Crippen molar-refractivity contribution in [1.82, 2.24) is 9.88 Å². The summed E-state index contributed by atoms with van der Waals surface area (Å²) in [6.45, 7) is 6.59. The van der Waals surface area contributed by atoms with Gasteiger partial charge in [0.05, 0.1) is 12.3 Å². The number of anilines is 1. The van der Waals surface area contributed by atoms with E-state index in [1.54, 1.807) is 11.3 Å². The van der Waals surface area contributed by atoms with Gasteiger partial charge in [-0.2, -0.15) is 0 Å². The number of thiazole rings is 1.